The van der Waals surface area contributed by atoms with Gasteiger partial charge in [0.1, 0.15) is 5.75 Å². The average molecular weight is 376 g/mol. The molecule has 6 nitrogen and oxygen atoms in total. The highest BCUT2D eigenvalue weighted by atomic mass is 16.5. The second kappa shape index (κ2) is 10.9. The van der Waals surface area contributed by atoms with E-state index in [1.807, 2.05) is 43.0 Å². The van der Waals surface area contributed by atoms with Gasteiger partial charge in [-0.1, -0.05) is 25.1 Å². The summed E-state index contributed by atoms with van der Waals surface area (Å²) in [4.78, 5) is 28.3. The molecule has 0 aliphatic carbocycles. The predicted molar refractivity (Wildman–Crippen MR) is 107 cm³/mol. The largest absolute Gasteiger partial charge is 0.493 e. The van der Waals surface area contributed by atoms with Crippen LogP contribution in [-0.2, 0) is 9.59 Å². The highest BCUT2D eigenvalue weighted by molar-refractivity contribution is 5.78. The molecular formula is C21H33N3O3. The number of carbonyl (C=O) groups is 2. The summed E-state index contributed by atoms with van der Waals surface area (Å²) in [6.07, 6.45) is 2.15. The Morgan fingerprint density at radius 1 is 1.19 bits per heavy atom. The molecule has 1 aromatic carbocycles. The van der Waals surface area contributed by atoms with Crippen molar-refractivity contribution in [1.29, 1.82) is 0 Å². The lowest BCUT2D eigenvalue weighted by molar-refractivity contribution is -0.133. The van der Waals surface area contributed by atoms with Gasteiger partial charge in [0.25, 0.3) is 0 Å². The van der Waals surface area contributed by atoms with E-state index in [0.29, 0.717) is 39.1 Å². The first kappa shape index (κ1) is 21.2. The molecule has 0 saturated carbocycles. The molecule has 150 valence electrons. The molecule has 2 rings (SSSR count). The zero-order valence-corrected chi connectivity index (χ0v) is 16.9. The molecule has 1 aliphatic heterocycles. The third kappa shape index (κ3) is 7.21. The number of carbonyl (C=O) groups excluding carboxylic acids is 2. The van der Waals surface area contributed by atoms with Gasteiger partial charge in [-0.3, -0.25) is 14.5 Å². The first-order valence-corrected chi connectivity index (χ1v) is 9.97. The lowest BCUT2D eigenvalue weighted by atomic mass is 10.2. The van der Waals surface area contributed by atoms with E-state index in [1.54, 1.807) is 0 Å². The molecule has 6 heteroatoms. The van der Waals surface area contributed by atoms with E-state index in [4.69, 9.17) is 4.74 Å². The smallest absolute Gasteiger partial charge is 0.234 e. The molecule has 0 bridgehead atoms. The van der Waals surface area contributed by atoms with E-state index in [-0.39, 0.29) is 17.9 Å². The monoisotopic (exact) mass is 375 g/mol. The summed E-state index contributed by atoms with van der Waals surface area (Å²) >= 11 is 0. The second-order valence-corrected chi connectivity index (χ2v) is 7.25. The summed E-state index contributed by atoms with van der Waals surface area (Å²) in [5.41, 5.74) is 1.11. The Bertz CT molecular complexity index is 612. The van der Waals surface area contributed by atoms with Gasteiger partial charge in [0.05, 0.1) is 13.2 Å². The van der Waals surface area contributed by atoms with Gasteiger partial charge in [0.2, 0.25) is 11.8 Å². The quantitative estimate of drug-likeness (QED) is 0.672. The van der Waals surface area contributed by atoms with E-state index in [2.05, 4.69) is 17.1 Å². The van der Waals surface area contributed by atoms with Crippen LogP contribution in [0, 0.1) is 6.92 Å². The minimum Gasteiger partial charge on any atom is -0.493 e. The van der Waals surface area contributed by atoms with Crippen molar-refractivity contribution >= 4 is 11.8 Å². The van der Waals surface area contributed by atoms with Crippen molar-refractivity contribution < 1.29 is 14.3 Å². The molecule has 2 amide bonds. The summed E-state index contributed by atoms with van der Waals surface area (Å²) in [5, 5.41) is 2.99. The number of amides is 2. The molecule has 1 aliphatic rings. The number of ether oxygens (including phenoxy) is 1. The van der Waals surface area contributed by atoms with Crippen LogP contribution in [0.5, 0.6) is 5.75 Å². The maximum atomic E-state index is 12.4. The number of hydrogen-bond donors (Lipinski definition) is 1. The Morgan fingerprint density at radius 3 is 2.56 bits per heavy atom. The van der Waals surface area contributed by atoms with E-state index < -0.39 is 0 Å². The lowest BCUT2D eigenvalue weighted by Gasteiger charge is -2.34. The minimum absolute atomic E-state index is 0.0671. The summed E-state index contributed by atoms with van der Waals surface area (Å²) in [6, 6.07) is 8.12. The van der Waals surface area contributed by atoms with Crippen LogP contribution in [0.15, 0.2) is 24.3 Å². The standard InChI is InChI=1S/C21H33N3O3/c1-4-18(3)22-20(25)16-23-11-13-24(14-12-23)21(26)10-7-15-27-19-9-6-5-8-17(19)2/h5-6,8-9,18H,4,7,10-16H2,1-3H3,(H,22,25). The number of piperazine rings is 1. The van der Waals surface area contributed by atoms with Crippen LogP contribution < -0.4 is 10.1 Å². The molecule has 1 aromatic rings. The van der Waals surface area contributed by atoms with Gasteiger partial charge < -0.3 is 15.0 Å². The highest BCUT2D eigenvalue weighted by Crippen LogP contribution is 2.16. The number of rotatable bonds is 9. The first-order valence-electron chi connectivity index (χ1n) is 9.97. The van der Waals surface area contributed by atoms with Crippen molar-refractivity contribution in [3.8, 4) is 5.75 Å². The fourth-order valence-electron chi connectivity index (χ4n) is 3.06. The van der Waals surface area contributed by atoms with Crippen molar-refractivity contribution in [3.05, 3.63) is 29.8 Å². The SMILES string of the molecule is CCC(C)NC(=O)CN1CCN(C(=O)CCCOc2ccccc2C)CC1. The highest BCUT2D eigenvalue weighted by Gasteiger charge is 2.22. The van der Waals surface area contributed by atoms with Crippen molar-refractivity contribution in [2.75, 3.05) is 39.3 Å². The van der Waals surface area contributed by atoms with Crippen LogP contribution in [-0.4, -0.2) is 67.0 Å². The molecule has 1 atom stereocenters. The number of nitrogens with zero attached hydrogens (tertiary/aromatic N) is 2. The summed E-state index contributed by atoms with van der Waals surface area (Å²) in [7, 11) is 0. The van der Waals surface area contributed by atoms with E-state index in [9.17, 15) is 9.59 Å². The fraction of sp³-hybridized carbons (Fsp3) is 0.619. The molecular weight excluding hydrogens is 342 g/mol. The molecule has 0 aromatic heterocycles. The molecule has 0 radical (unpaired) electrons. The molecule has 27 heavy (non-hydrogen) atoms. The number of nitrogens with one attached hydrogen (secondary N) is 1. The Morgan fingerprint density at radius 2 is 1.89 bits per heavy atom. The molecule has 1 saturated heterocycles. The van der Waals surface area contributed by atoms with Crippen LogP contribution in [0.2, 0.25) is 0 Å². The molecule has 0 spiro atoms. The summed E-state index contributed by atoms with van der Waals surface area (Å²) < 4.78 is 5.75. The summed E-state index contributed by atoms with van der Waals surface area (Å²) in [5.74, 6) is 1.12. The fourth-order valence-corrected chi connectivity index (χ4v) is 3.06. The van der Waals surface area contributed by atoms with Gasteiger partial charge in [-0.25, -0.2) is 0 Å². The number of hydrogen-bond acceptors (Lipinski definition) is 4. The normalized spacial score (nSPS) is 16.0. The van der Waals surface area contributed by atoms with Gasteiger partial charge in [-0.05, 0) is 38.3 Å². The average Bonchev–Trinajstić information content (AvgIpc) is 2.66. The Hall–Kier alpha value is -2.08. The van der Waals surface area contributed by atoms with Crippen molar-refractivity contribution in [2.24, 2.45) is 0 Å². The number of benzene rings is 1. The third-order valence-electron chi connectivity index (χ3n) is 5.00. The van der Waals surface area contributed by atoms with E-state index >= 15 is 0 Å². The molecule has 1 fully saturated rings. The zero-order valence-electron chi connectivity index (χ0n) is 16.9. The molecule has 1 unspecified atom stereocenters. The van der Waals surface area contributed by atoms with E-state index in [1.165, 1.54) is 0 Å². The van der Waals surface area contributed by atoms with Gasteiger partial charge in [0.15, 0.2) is 0 Å². The maximum Gasteiger partial charge on any atom is 0.234 e. The van der Waals surface area contributed by atoms with Gasteiger partial charge in [0, 0.05) is 38.6 Å². The van der Waals surface area contributed by atoms with Crippen molar-refractivity contribution in [2.45, 2.75) is 46.1 Å². The van der Waals surface area contributed by atoms with Gasteiger partial charge >= 0.3 is 0 Å². The number of aryl methyl sites for hydroxylation is 1. The molecule has 1 heterocycles. The second-order valence-electron chi connectivity index (χ2n) is 7.25. The van der Waals surface area contributed by atoms with Crippen molar-refractivity contribution in [3.63, 3.8) is 0 Å². The minimum atomic E-state index is 0.0671. The predicted octanol–water partition coefficient (Wildman–Crippen LogP) is 2.21. The van der Waals surface area contributed by atoms with Crippen LogP contribution in [0.3, 0.4) is 0 Å². The Kier molecular flexibility index (Phi) is 8.58. The molecule has 1 N–H and O–H groups in total. The van der Waals surface area contributed by atoms with E-state index in [0.717, 1.165) is 30.8 Å². The van der Waals surface area contributed by atoms with Crippen LogP contribution in [0.25, 0.3) is 0 Å². The van der Waals surface area contributed by atoms with Gasteiger partial charge in [-0.15, -0.1) is 0 Å². The van der Waals surface area contributed by atoms with Gasteiger partial charge in [-0.2, -0.15) is 0 Å². The zero-order chi connectivity index (χ0) is 19.6. The topological polar surface area (TPSA) is 61.9 Å². The summed E-state index contributed by atoms with van der Waals surface area (Å²) in [6.45, 7) is 9.92. The lowest BCUT2D eigenvalue weighted by Crippen LogP contribution is -2.51. The Labute approximate surface area is 162 Å². The third-order valence-corrected chi connectivity index (χ3v) is 5.00. The van der Waals surface area contributed by atoms with Crippen molar-refractivity contribution in [1.82, 2.24) is 15.1 Å². The Balaban J connectivity index is 1.62. The maximum absolute atomic E-state index is 12.4. The van der Waals surface area contributed by atoms with Crippen LogP contribution >= 0.6 is 0 Å². The number of para-hydroxylation sites is 1. The van der Waals surface area contributed by atoms with Crippen LogP contribution in [0.1, 0.15) is 38.7 Å². The van der Waals surface area contributed by atoms with Crippen LogP contribution in [0.4, 0.5) is 0 Å². The first-order chi connectivity index (χ1) is 13.0.